The van der Waals surface area contributed by atoms with Crippen LogP contribution in [-0.2, 0) is 9.84 Å². The van der Waals surface area contributed by atoms with Gasteiger partial charge in [0, 0.05) is 30.5 Å². The van der Waals surface area contributed by atoms with Gasteiger partial charge in [0.25, 0.3) is 0 Å². The summed E-state index contributed by atoms with van der Waals surface area (Å²) in [6.07, 6.45) is 1.16. The molecule has 1 aromatic heterocycles. The molecule has 1 aliphatic heterocycles. The van der Waals surface area contributed by atoms with Crippen LogP contribution in [0.4, 0.5) is 0 Å². The van der Waals surface area contributed by atoms with Gasteiger partial charge < -0.3 is 24.8 Å². The molecule has 0 unspecified atom stereocenters. The number of methoxy groups -OCH3 is 1. The number of sulfone groups is 1. The Morgan fingerprint density at radius 3 is 2.54 bits per heavy atom. The Morgan fingerprint density at radius 1 is 1.25 bits per heavy atom. The highest BCUT2D eigenvalue weighted by atomic mass is 32.2. The van der Waals surface area contributed by atoms with Crippen molar-refractivity contribution in [2.45, 2.75) is 17.9 Å². The minimum atomic E-state index is -3.47. The van der Waals surface area contributed by atoms with Crippen molar-refractivity contribution in [1.29, 1.82) is 0 Å². The van der Waals surface area contributed by atoms with E-state index in [1.165, 1.54) is 7.11 Å². The van der Waals surface area contributed by atoms with E-state index in [-0.39, 0.29) is 28.2 Å². The van der Waals surface area contributed by atoms with Crippen molar-refractivity contribution in [3.8, 4) is 28.6 Å². The van der Waals surface area contributed by atoms with Gasteiger partial charge in [-0.3, -0.25) is 0 Å². The lowest BCUT2D eigenvalue weighted by Crippen LogP contribution is -2.43. The number of hydrogen-bond donors (Lipinski definition) is 3. The van der Waals surface area contributed by atoms with Gasteiger partial charge >= 0.3 is 0 Å². The molecule has 3 aromatic rings. The van der Waals surface area contributed by atoms with Crippen LogP contribution in [0.25, 0.3) is 22.4 Å². The number of nitrogens with one attached hydrogen (secondary N) is 1. The number of hydrogen-bond acceptors (Lipinski definition) is 7. The maximum Gasteiger partial charge on any atom is 0.200 e. The molecule has 9 heteroatoms. The van der Waals surface area contributed by atoms with Crippen LogP contribution < -0.4 is 10.1 Å². The molecule has 0 aliphatic carbocycles. The molecule has 0 bridgehead atoms. The molecule has 4 rings (SSSR count). The summed E-state index contributed by atoms with van der Waals surface area (Å²) in [5.41, 5.74) is 2.09. The van der Waals surface area contributed by atoms with E-state index in [2.05, 4.69) is 10.3 Å². The van der Waals surface area contributed by atoms with Crippen LogP contribution in [0.5, 0.6) is 17.2 Å². The summed E-state index contributed by atoms with van der Waals surface area (Å²) in [7, 11) is -2.08. The number of fused-ring (bicyclic) bond motifs is 1. The molecule has 3 N–H and O–H groups in total. The number of phenolic OH excluding ortho intramolecular Hbond substituents is 2. The molecule has 1 aliphatic rings. The van der Waals surface area contributed by atoms with Gasteiger partial charge in [0.05, 0.1) is 23.6 Å². The topological polar surface area (TPSA) is 114 Å². The lowest BCUT2D eigenvalue weighted by atomic mass is 10.0. The summed E-state index contributed by atoms with van der Waals surface area (Å²) in [5.74, 6) is 0.00653. The van der Waals surface area contributed by atoms with Crippen molar-refractivity contribution in [1.82, 2.24) is 14.9 Å². The first-order chi connectivity index (χ1) is 13.2. The molecular formula is C19H21N3O5S. The van der Waals surface area contributed by atoms with Crippen LogP contribution in [0.15, 0.2) is 29.2 Å². The fraction of sp³-hybridized carbons (Fsp3) is 0.316. The third-order valence-corrected chi connectivity index (χ3v) is 6.29. The maximum absolute atomic E-state index is 12.3. The number of ether oxygens (including phenoxy) is 1. The number of rotatable bonds is 4. The lowest BCUT2D eigenvalue weighted by molar-refractivity contribution is 0.348. The summed E-state index contributed by atoms with van der Waals surface area (Å²) < 4.78 is 31.7. The second-order valence-electron chi connectivity index (χ2n) is 6.96. The van der Waals surface area contributed by atoms with Crippen molar-refractivity contribution >= 4 is 20.9 Å². The second kappa shape index (κ2) is 6.39. The summed E-state index contributed by atoms with van der Waals surface area (Å²) in [4.78, 5) is 4.82. The Labute approximate surface area is 162 Å². The van der Waals surface area contributed by atoms with Crippen molar-refractivity contribution in [2.75, 3.05) is 26.5 Å². The Hall–Kier alpha value is -2.78. The third kappa shape index (κ3) is 2.70. The fourth-order valence-electron chi connectivity index (χ4n) is 3.52. The number of benzene rings is 2. The van der Waals surface area contributed by atoms with Crippen LogP contribution in [0.2, 0.25) is 0 Å². The SMILES string of the molecule is COc1cc(-c2nc3c(S(C)(=O)=O)cccc3n2C2CNC2)c(C)c(O)c1O. The van der Waals surface area contributed by atoms with Gasteiger partial charge in [-0.1, -0.05) is 6.07 Å². The van der Waals surface area contributed by atoms with Crippen LogP contribution in [0, 0.1) is 6.92 Å². The second-order valence-corrected chi connectivity index (χ2v) is 8.95. The molecule has 1 fully saturated rings. The maximum atomic E-state index is 12.3. The summed E-state index contributed by atoms with van der Waals surface area (Å²) >= 11 is 0. The van der Waals surface area contributed by atoms with Crippen molar-refractivity contribution in [3.05, 3.63) is 29.8 Å². The highest BCUT2D eigenvalue weighted by Gasteiger charge is 2.29. The molecular weight excluding hydrogens is 382 g/mol. The van der Waals surface area contributed by atoms with Crippen molar-refractivity contribution in [2.24, 2.45) is 0 Å². The van der Waals surface area contributed by atoms with Gasteiger partial charge in [-0.15, -0.1) is 0 Å². The molecule has 8 nitrogen and oxygen atoms in total. The first-order valence-corrected chi connectivity index (χ1v) is 10.6. The van der Waals surface area contributed by atoms with E-state index in [0.717, 1.165) is 19.3 Å². The third-order valence-electron chi connectivity index (χ3n) is 5.16. The van der Waals surface area contributed by atoms with E-state index in [9.17, 15) is 18.6 Å². The van der Waals surface area contributed by atoms with E-state index in [4.69, 9.17) is 4.74 Å². The smallest absolute Gasteiger partial charge is 0.200 e. The van der Waals surface area contributed by atoms with E-state index < -0.39 is 9.84 Å². The minimum Gasteiger partial charge on any atom is -0.504 e. The van der Waals surface area contributed by atoms with Gasteiger partial charge in [-0.2, -0.15) is 0 Å². The number of para-hydroxylation sites is 1. The van der Waals surface area contributed by atoms with Crippen LogP contribution in [0.1, 0.15) is 11.6 Å². The Bertz CT molecular complexity index is 1200. The summed E-state index contributed by atoms with van der Waals surface area (Å²) in [6.45, 7) is 3.12. The Kier molecular flexibility index (Phi) is 4.24. The van der Waals surface area contributed by atoms with Gasteiger partial charge in [0.1, 0.15) is 11.3 Å². The molecule has 0 saturated carbocycles. The summed E-state index contributed by atoms with van der Waals surface area (Å²) in [5, 5.41) is 23.6. The van der Waals surface area contributed by atoms with Gasteiger partial charge in [-0.05, 0) is 25.1 Å². The van der Waals surface area contributed by atoms with E-state index >= 15 is 0 Å². The first kappa shape index (κ1) is 18.6. The van der Waals surface area contributed by atoms with E-state index in [1.807, 2.05) is 10.6 Å². The zero-order valence-corrected chi connectivity index (χ0v) is 16.5. The molecule has 1 saturated heterocycles. The monoisotopic (exact) mass is 403 g/mol. The highest BCUT2D eigenvalue weighted by Crippen LogP contribution is 2.44. The lowest BCUT2D eigenvalue weighted by Gasteiger charge is -2.30. The van der Waals surface area contributed by atoms with E-state index in [1.54, 1.807) is 25.1 Å². The number of phenols is 2. The predicted molar refractivity (Wildman–Crippen MR) is 105 cm³/mol. The van der Waals surface area contributed by atoms with Crippen molar-refractivity contribution < 1.29 is 23.4 Å². The molecule has 0 amide bonds. The Balaban J connectivity index is 2.09. The Morgan fingerprint density at radius 2 is 1.96 bits per heavy atom. The van der Waals surface area contributed by atoms with Gasteiger partial charge in [0.2, 0.25) is 5.75 Å². The zero-order valence-electron chi connectivity index (χ0n) is 15.7. The van der Waals surface area contributed by atoms with Gasteiger partial charge in [0.15, 0.2) is 21.3 Å². The highest BCUT2D eigenvalue weighted by molar-refractivity contribution is 7.91. The number of nitrogens with zero attached hydrogens (tertiary/aromatic N) is 2. The van der Waals surface area contributed by atoms with Gasteiger partial charge in [-0.25, -0.2) is 13.4 Å². The van der Waals surface area contributed by atoms with Crippen LogP contribution in [-0.4, -0.2) is 54.6 Å². The molecule has 148 valence electrons. The average Bonchev–Trinajstić information content (AvgIpc) is 2.97. The number of aromatic hydroxyl groups is 2. The predicted octanol–water partition coefficient (Wildman–Crippen LogP) is 1.98. The normalized spacial score (nSPS) is 15.0. The zero-order chi connectivity index (χ0) is 20.2. The fourth-order valence-corrected chi connectivity index (χ4v) is 4.35. The van der Waals surface area contributed by atoms with Crippen LogP contribution >= 0.6 is 0 Å². The molecule has 0 radical (unpaired) electrons. The standard InChI is InChI=1S/C19H21N3O5S/c1-10-12(7-14(27-2)18(24)17(10)23)19-21-16-13(22(19)11-8-20-9-11)5-4-6-15(16)28(3,25)26/h4-7,11,20,23-24H,8-9H2,1-3H3. The molecule has 0 spiro atoms. The molecule has 2 aromatic carbocycles. The molecule has 0 atom stereocenters. The quantitative estimate of drug-likeness (QED) is 0.571. The average molecular weight is 403 g/mol. The number of imidazole rings is 1. The minimum absolute atomic E-state index is 0.0937. The molecule has 28 heavy (non-hydrogen) atoms. The summed E-state index contributed by atoms with van der Waals surface area (Å²) in [6, 6.07) is 6.78. The largest absolute Gasteiger partial charge is 0.504 e. The van der Waals surface area contributed by atoms with Crippen LogP contribution in [0.3, 0.4) is 0 Å². The molecule has 2 heterocycles. The van der Waals surface area contributed by atoms with Crippen molar-refractivity contribution in [3.63, 3.8) is 0 Å². The first-order valence-electron chi connectivity index (χ1n) is 8.75. The van der Waals surface area contributed by atoms with E-state index in [0.29, 0.717) is 28.0 Å². The number of aromatic nitrogens is 2.